The SMILES string of the molecule is CC(Oc1ccc(F)cc1Br)C(=O)N1CCC2CCC(C1)N2. The third-order valence-corrected chi connectivity index (χ3v) is 5.00. The van der Waals surface area contributed by atoms with E-state index in [0.29, 0.717) is 22.3 Å². The van der Waals surface area contributed by atoms with Crippen molar-refractivity contribution >= 4 is 21.8 Å². The molecule has 1 amide bonds. The Morgan fingerprint density at radius 3 is 2.95 bits per heavy atom. The van der Waals surface area contributed by atoms with Crippen molar-refractivity contribution < 1.29 is 13.9 Å². The first-order chi connectivity index (χ1) is 10.5. The Kier molecular flexibility index (Phi) is 4.68. The van der Waals surface area contributed by atoms with Crippen LogP contribution in [0.15, 0.2) is 22.7 Å². The first kappa shape index (κ1) is 15.7. The maximum Gasteiger partial charge on any atom is 0.263 e. The lowest BCUT2D eigenvalue weighted by atomic mass is 10.1. The summed E-state index contributed by atoms with van der Waals surface area (Å²) in [6.45, 7) is 3.26. The summed E-state index contributed by atoms with van der Waals surface area (Å²) in [5.74, 6) is 0.134. The topological polar surface area (TPSA) is 41.6 Å². The average Bonchev–Trinajstić information content (AvgIpc) is 2.80. The van der Waals surface area contributed by atoms with Crippen LogP contribution in [0, 0.1) is 5.82 Å². The zero-order valence-corrected chi connectivity index (χ0v) is 14.1. The number of nitrogens with one attached hydrogen (secondary N) is 1. The van der Waals surface area contributed by atoms with Crippen molar-refractivity contribution in [2.75, 3.05) is 13.1 Å². The van der Waals surface area contributed by atoms with Crippen molar-refractivity contribution in [3.63, 3.8) is 0 Å². The van der Waals surface area contributed by atoms with E-state index < -0.39 is 6.10 Å². The number of fused-ring (bicyclic) bond motifs is 2. The molecule has 3 atom stereocenters. The Bertz CT molecular complexity index is 569. The lowest BCUT2D eigenvalue weighted by Crippen LogP contribution is -2.44. The van der Waals surface area contributed by atoms with Crippen LogP contribution in [0.5, 0.6) is 5.75 Å². The van der Waals surface area contributed by atoms with Crippen molar-refractivity contribution in [3.8, 4) is 5.75 Å². The molecule has 0 saturated carbocycles. The first-order valence-corrected chi connectivity index (χ1v) is 8.49. The Balaban J connectivity index is 1.64. The minimum Gasteiger partial charge on any atom is -0.480 e. The third kappa shape index (κ3) is 3.43. The highest BCUT2D eigenvalue weighted by Crippen LogP contribution is 2.27. The number of carbonyl (C=O) groups excluding carboxylic acids is 1. The van der Waals surface area contributed by atoms with Gasteiger partial charge in [-0.15, -0.1) is 0 Å². The standard InChI is InChI=1S/C16H20BrFN2O2/c1-10(22-15-5-2-11(18)8-14(15)17)16(21)20-7-6-12-3-4-13(9-20)19-12/h2,5,8,10,12-13,19H,3-4,6-7,9H2,1H3. The van der Waals surface area contributed by atoms with Gasteiger partial charge in [-0.3, -0.25) is 4.79 Å². The maximum atomic E-state index is 13.1. The van der Waals surface area contributed by atoms with Gasteiger partial charge < -0.3 is 15.0 Å². The molecular weight excluding hydrogens is 351 g/mol. The Hall–Kier alpha value is -1.14. The van der Waals surface area contributed by atoms with Gasteiger partial charge in [-0.05, 0) is 60.3 Å². The van der Waals surface area contributed by atoms with Gasteiger partial charge in [0.2, 0.25) is 0 Å². The monoisotopic (exact) mass is 370 g/mol. The fraction of sp³-hybridized carbons (Fsp3) is 0.562. The van der Waals surface area contributed by atoms with Crippen LogP contribution >= 0.6 is 15.9 Å². The molecule has 3 rings (SSSR count). The molecule has 6 heteroatoms. The van der Waals surface area contributed by atoms with Crippen molar-refractivity contribution in [1.82, 2.24) is 10.2 Å². The molecule has 0 spiro atoms. The van der Waals surface area contributed by atoms with E-state index in [4.69, 9.17) is 4.74 Å². The van der Waals surface area contributed by atoms with E-state index >= 15 is 0 Å². The molecule has 0 aromatic heterocycles. The van der Waals surface area contributed by atoms with E-state index in [9.17, 15) is 9.18 Å². The molecular formula is C16H20BrFN2O2. The fourth-order valence-corrected chi connectivity index (χ4v) is 3.66. The predicted molar refractivity (Wildman–Crippen MR) is 85.3 cm³/mol. The van der Waals surface area contributed by atoms with E-state index in [0.717, 1.165) is 25.9 Å². The van der Waals surface area contributed by atoms with Gasteiger partial charge in [-0.1, -0.05) is 0 Å². The summed E-state index contributed by atoms with van der Waals surface area (Å²) in [4.78, 5) is 14.5. The van der Waals surface area contributed by atoms with Crippen molar-refractivity contribution in [3.05, 3.63) is 28.5 Å². The predicted octanol–water partition coefficient (Wildman–Crippen LogP) is 2.71. The van der Waals surface area contributed by atoms with Crippen LogP contribution in [0.4, 0.5) is 4.39 Å². The second kappa shape index (κ2) is 6.54. The summed E-state index contributed by atoms with van der Waals surface area (Å²) in [5.41, 5.74) is 0. The number of nitrogens with zero attached hydrogens (tertiary/aromatic N) is 1. The van der Waals surface area contributed by atoms with E-state index in [2.05, 4.69) is 21.2 Å². The molecule has 1 aromatic rings. The molecule has 1 N–H and O–H groups in total. The number of carbonyl (C=O) groups is 1. The lowest BCUT2D eigenvalue weighted by Gasteiger charge is -2.27. The highest BCUT2D eigenvalue weighted by molar-refractivity contribution is 9.10. The smallest absolute Gasteiger partial charge is 0.263 e. The molecule has 120 valence electrons. The lowest BCUT2D eigenvalue weighted by molar-refractivity contribution is -0.138. The molecule has 0 radical (unpaired) electrons. The number of halogens is 2. The van der Waals surface area contributed by atoms with Crippen LogP contribution in [0.2, 0.25) is 0 Å². The summed E-state index contributed by atoms with van der Waals surface area (Å²) in [6, 6.07) is 5.15. The molecule has 2 bridgehead atoms. The zero-order chi connectivity index (χ0) is 15.7. The van der Waals surface area contributed by atoms with Gasteiger partial charge in [-0.25, -0.2) is 4.39 Å². The molecule has 22 heavy (non-hydrogen) atoms. The number of likely N-dealkylation sites (tertiary alicyclic amines) is 1. The van der Waals surface area contributed by atoms with Crippen LogP contribution in [0.1, 0.15) is 26.2 Å². The molecule has 2 fully saturated rings. The molecule has 2 saturated heterocycles. The van der Waals surface area contributed by atoms with E-state index in [1.165, 1.54) is 24.6 Å². The molecule has 2 aliphatic rings. The largest absolute Gasteiger partial charge is 0.480 e. The van der Waals surface area contributed by atoms with Gasteiger partial charge in [0.05, 0.1) is 4.47 Å². The van der Waals surface area contributed by atoms with Crippen LogP contribution in [-0.4, -0.2) is 42.1 Å². The first-order valence-electron chi connectivity index (χ1n) is 7.69. The van der Waals surface area contributed by atoms with Gasteiger partial charge in [-0.2, -0.15) is 0 Å². The van der Waals surface area contributed by atoms with E-state index in [-0.39, 0.29) is 11.7 Å². The average molecular weight is 371 g/mol. The number of benzene rings is 1. The van der Waals surface area contributed by atoms with E-state index in [1.807, 2.05) is 4.90 Å². The Labute approximate surface area is 138 Å². The molecule has 0 aliphatic carbocycles. The molecule has 2 aliphatic heterocycles. The van der Waals surface area contributed by atoms with Crippen molar-refractivity contribution in [2.45, 2.75) is 44.4 Å². The van der Waals surface area contributed by atoms with Gasteiger partial charge in [0.1, 0.15) is 11.6 Å². The highest BCUT2D eigenvalue weighted by atomic mass is 79.9. The fourth-order valence-electron chi connectivity index (χ4n) is 3.21. The molecule has 4 nitrogen and oxygen atoms in total. The third-order valence-electron chi connectivity index (χ3n) is 4.38. The summed E-state index contributed by atoms with van der Waals surface area (Å²) >= 11 is 3.26. The van der Waals surface area contributed by atoms with Gasteiger partial charge in [0.15, 0.2) is 6.10 Å². The number of rotatable bonds is 3. The Morgan fingerprint density at radius 1 is 1.41 bits per heavy atom. The molecule has 2 heterocycles. The highest BCUT2D eigenvalue weighted by Gasteiger charge is 2.33. The molecule has 1 aromatic carbocycles. The number of hydrogen-bond acceptors (Lipinski definition) is 3. The van der Waals surface area contributed by atoms with Crippen molar-refractivity contribution in [2.24, 2.45) is 0 Å². The van der Waals surface area contributed by atoms with E-state index in [1.54, 1.807) is 6.92 Å². The minimum atomic E-state index is -0.585. The number of amides is 1. The summed E-state index contributed by atoms with van der Waals surface area (Å²) < 4.78 is 19.3. The summed E-state index contributed by atoms with van der Waals surface area (Å²) in [6.07, 6.45) is 2.75. The van der Waals surface area contributed by atoms with Gasteiger partial charge >= 0.3 is 0 Å². The van der Waals surface area contributed by atoms with Crippen LogP contribution < -0.4 is 10.1 Å². The number of ether oxygens (including phenoxy) is 1. The normalized spacial score (nSPS) is 25.7. The summed E-state index contributed by atoms with van der Waals surface area (Å²) in [5, 5.41) is 3.56. The van der Waals surface area contributed by atoms with Gasteiger partial charge in [0.25, 0.3) is 5.91 Å². The van der Waals surface area contributed by atoms with Crippen LogP contribution in [0.25, 0.3) is 0 Å². The molecule has 3 unspecified atom stereocenters. The second-order valence-electron chi connectivity index (χ2n) is 6.05. The van der Waals surface area contributed by atoms with Crippen LogP contribution in [0.3, 0.4) is 0 Å². The van der Waals surface area contributed by atoms with Crippen LogP contribution in [-0.2, 0) is 4.79 Å². The minimum absolute atomic E-state index is 0.00873. The quantitative estimate of drug-likeness (QED) is 0.889. The second-order valence-corrected chi connectivity index (χ2v) is 6.90. The van der Waals surface area contributed by atoms with Crippen molar-refractivity contribution in [1.29, 1.82) is 0 Å². The van der Waals surface area contributed by atoms with Gasteiger partial charge in [0, 0.05) is 25.2 Å². The summed E-state index contributed by atoms with van der Waals surface area (Å²) in [7, 11) is 0. The maximum absolute atomic E-state index is 13.1. The number of hydrogen-bond donors (Lipinski definition) is 1. The zero-order valence-electron chi connectivity index (χ0n) is 12.5. The Morgan fingerprint density at radius 2 is 2.18 bits per heavy atom.